The highest BCUT2D eigenvalue weighted by Crippen LogP contribution is 2.29. The molecule has 0 saturated heterocycles. The van der Waals surface area contributed by atoms with Crippen molar-refractivity contribution in [2.45, 2.75) is 12.8 Å². The molecular formula is C16H15ClN2O. The van der Waals surface area contributed by atoms with Gasteiger partial charge >= 0.3 is 0 Å². The average Bonchev–Trinajstić information content (AvgIpc) is 2.85. The lowest BCUT2D eigenvalue weighted by Gasteiger charge is -2.13. The maximum Gasteiger partial charge on any atom is 0.142 e. The zero-order valence-electron chi connectivity index (χ0n) is 11.4. The van der Waals surface area contributed by atoms with Crippen molar-refractivity contribution in [1.29, 1.82) is 0 Å². The van der Waals surface area contributed by atoms with Crippen LogP contribution >= 0.6 is 11.6 Å². The summed E-state index contributed by atoms with van der Waals surface area (Å²) in [6.07, 6.45) is 0. The van der Waals surface area contributed by atoms with Crippen molar-refractivity contribution < 1.29 is 4.74 Å². The second kappa shape index (κ2) is 5.17. The molecule has 0 atom stereocenters. The summed E-state index contributed by atoms with van der Waals surface area (Å²) < 4.78 is 7.54. The van der Waals surface area contributed by atoms with Gasteiger partial charge in [0.25, 0.3) is 0 Å². The molecule has 0 fully saturated rings. The summed E-state index contributed by atoms with van der Waals surface area (Å²) in [5, 5.41) is 0. The number of fused-ring (bicyclic) bond motifs is 1. The first-order valence-corrected chi connectivity index (χ1v) is 6.95. The van der Waals surface area contributed by atoms with Gasteiger partial charge in [0.15, 0.2) is 0 Å². The summed E-state index contributed by atoms with van der Waals surface area (Å²) in [5.41, 5.74) is 4.11. The third-order valence-electron chi connectivity index (χ3n) is 3.33. The first-order valence-electron chi connectivity index (χ1n) is 6.42. The molecule has 4 heteroatoms. The second-order valence-electron chi connectivity index (χ2n) is 4.66. The van der Waals surface area contributed by atoms with E-state index >= 15 is 0 Å². The van der Waals surface area contributed by atoms with Crippen molar-refractivity contribution in [2.75, 3.05) is 7.11 Å². The minimum absolute atomic E-state index is 0.353. The van der Waals surface area contributed by atoms with Crippen LogP contribution in [0.4, 0.5) is 0 Å². The lowest BCUT2D eigenvalue weighted by molar-refractivity contribution is 0.413. The Kier molecular flexibility index (Phi) is 3.36. The van der Waals surface area contributed by atoms with Gasteiger partial charge in [0.1, 0.15) is 11.6 Å². The normalized spacial score (nSPS) is 10.9. The van der Waals surface area contributed by atoms with Crippen molar-refractivity contribution in [3.63, 3.8) is 0 Å². The fourth-order valence-corrected chi connectivity index (χ4v) is 2.59. The third kappa shape index (κ3) is 2.04. The number of rotatable bonds is 3. The Hall–Kier alpha value is -2.00. The van der Waals surface area contributed by atoms with Crippen molar-refractivity contribution >= 4 is 22.6 Å². The summed E-state index contributed by atoms with van der Waals surface area (Å²) >= 11 is 6.06. The van der Waals surface area contributed by atoms with Crippen LogP contribution in [-0.4, -0.2) is 16.7 Å². The predicted octanol–water partition coefficient (Wildman–Crippen LogP) is 4.08. The Balaban J connectivity index is 2.36. The summed E-state index contributed by atoms with van der Waals surface area (Å²) in [4.78, 5) is 4.59. The fraction of sp³-hybridized carbons (Fsp3) is 0.188. The van der Waals surface area contributed by atoms with Gasteiger partial charge in [-0.2, -0.15) is 0 Å². The van der Waals surface area contributed by atoms with E-state index in [0.717, 1.165) is 28.3 Å². The van der Waals surface area contributed by atoms with E-state index in [2.05, 4.69) is 22.5 Å². The molecule has 0 bridgehead atoms. The molecule has 20 heavy (non-hydrogen) atoms. The fourth-order valence-electron chi connectivity index (χ4n) is 2.41. The van der Waals surface area contributed by atoms with Crippen molar-refractivity contribution in [3.05, 3.63) is 53.9 Å². The number of aryl methyl sites for hydroxylation is 1. The molecule has 0 aliphatic rings. The van der Waals surface area contributed by atoms with E-state index in [1.165, 1.54) is 5.56 Å². The van der Waals surface area contributed by atoms with Gasteiger partial charge in [0.2, 0.25) is 0 Å². The van der Waals surface area contributed by atoms with Crippen LogP contribution in [0.1, 0.15) is 11.4 Å². The van der Waals surface area contributed by atoms with E-state index in [9.17, 15) is 0 Å². The predicted molar refractivity (Wildman–Crippen MR) is 81.9 cm³/mol. The lowest BCUT2D eigenvalue weighted by atomic mass is 10.2. The molecule has 0 radical (unpaired) electrons. The van der Waals surface area contributed by atoms with Crippen LogP contribution in [0.25, 0.3) is 16.7 Å². The molecule has 1 heterocycles. The first kappa shape index (κ1) is 13.0. The number of aromatic nitrogens is 2. The monoisotopic (exact) mass is 286 g/mol. The summed E-state index contributed by atoms with van der Waals surface area (Å²) in [7, 11) is 1.67. The Morgan fingerprint density at radius 1 is 1.20 bits per heavy atom. The number of nitrogens with zero attached hydrogens (tertiary/aromatic N) is 2. The number of methoxy groups -OCH3 is 1. The molecule has 3 rings (SSSR count). The number of hydrogen-bond donors (Lipinski definition) is 0. The lowest BCUT2D eigenvalue weighted by Crippen LogP contribution is -2.02. The molecule has 0 aliphatic heterocycles. The maximum atomic E-state index is 6.06. The molecular weight excluding hydrogens is 272 g/mol. The van der Waals surface area contributed by atoms with Crippen LogP contribution < -0.4 is 4.74 Å². The number of para-hydroxylation sites is 2. The second-order valence-corrected chi connectivity index (χ2v) is 4.93. The van der Waals surface area contributed by atoms with Crippen molar-refractivity contribution in [3.8, 4) is 11.4 Å². The molecule has 0 aliphatic carbocycles. The van der Waals surface area contributed by atoms with Gasteiger partial charge in [-0.25, -0.2) is 4.98 Å². The van der Waals surface area contributed by atoms with E-state index in [0.29, 0.717) is 5.88 Å². The van der Waals surface area contributed by atoms with E-state index in [-0.39, 0.29) is 0 Å². The molecule has 0 unspecified atom stereocenters. The number of hydrogen-bond acceptors (Lipinski definition) is 2. The van der Waals surface area contributed by atoms with Crippen LogP contribution in [0.3, 0.4) is 0 Å². The average molecular weight is 287 g/mol. The summed E-state index contributed by atoms with van der Waals surface area (Å²) in [6.45, 7) is 2.06. The number of imidazole rings is 1. The van der Waals surface area contributed by atoms with Crippen LogP contribution in [-0.2, 0) is 5.88 Å². The molecule has 0 N–H and O–H groups in total. The third-order valence-corrected chi connectivity index (χ3v) is 3.56. The minimum atomic E-state index is 0.353. The molecule has 102 valence electrons. The molecule has 3 nitrogen and oxygen atoms in total. The number of alkyl halides is 1. The van der Waals surface area contributed by atoms with Gasteiger partial charge < -0.3 is 4.74 Å². The van der Waals surface area contributed by atoms with Crippen LogP contribution in [0, 0.1) is 6.92 Å². The smallest absolute Gasteiger partial charge is 0.142 e. The molecule has 0 spiro atoms. The topological polar surface area (TPSA) is 27.1 Å². The molecule has 3 aromatic rings. The van der Waals surface area contributed by atoms with E-state index < -0.39 is 0 Å². The van der Waals surface area contributed by atoms with Gasteiger partial charge in [0, 0.05) is 0 Å². The summed E-state index contributed by atoms with van der Waals surface area (Å²) in [6, 6.07) is 14.1. The minimum Gasteiger partial charge on any atom is -0.495 e. The van der Waals surface area contributed by atoms with Crippen LogP contribution in [0.2, 0.25) is 0 Å². The molecule has 1 aromatic heterocycles. The highest BCUT2D eigenvalue weighted by molar-refractivity contribution is 6.17. The Morgan fingerprint density at radius 2 is 2.00 bits per heavy atom. The van der Waals surface area contributed by atoms with Gasteiger partial charge in [0.05, 0.1) is 29.7 Å². The Labute approximate surface area is 122 Å². The molecule has 0 amide bonds. The van der Waals surface area contributed by atoms with E-state index in [1.54, 1.807) is 7.11 Å². The highest BCUT2D eigenvalue weighted by atomic mass is 35.5. The molecule has 0 saturated carbocycles. The van der Waals surface area contributed by atoms with Gasteiger partial charge in [-0.05, 0) is 36.8 Å². The number of halogens is 1. The first-order chi connectivity index (χ1) is 9.74. The SMILES string of the molecule is COc1ccc(C)cc1-n1c(CCl)nc2ccccc21. The van der Waals surface area contributed by atoms with Gasteiger partial charge in [-0.1, -0.05) is 18.2 Å². The van der Waals surface area contributed by atoms with Crippen LogP contribution in [0.5, 0.6) is 5.75 Å². The maximum absolute atomic E-state index is 6.06. The van der Waals surface area contributed by atoms with E-state index in [1.807, 2.05) is 36.4 Å². The number of ether oxygens (including phenoxy) is 1. The van der Waals surface area contributed by atoms with E-state index in [4.69, 9.17) is 16.3 Å². The van der Waals surface area contributed by atoms with Crippen molar-refractivity contribution in [1.82, 2.24) is 9.55 Å². The highest BCUT2D eigenvalue weighted by Gasteiger charge is 2.14. The number of benzene rings is 2. The van der Waals surface area contributed by atoms with Crippen LogP contribution in [0.15, 0.2) is 42.5 Å². The molecule has 2 aromatic carbocycles. The zero-order valence-corrected chi connectivity index (χ0v) is 12.2. The van der Waals surface area contributed by atoms with Gasteiger partial charge in [-0.15, -0.1) is 11.6 Å². The van der Waals surface area contributed by atoms with Gasteiger partial charge in [-0.3, -0.25) is 4.57 Å². The standard InChI is InChI=1S/C16H15ClN2O/c1-11-7-8-15(20-2)14(9-11)19-13-6-4-3-5-12(13)18-16(19)10-17/h3-9H,10H2,1-2H3. The van der Waals surface area contributed by atoms with Crippen molar-refractivity contribution in [2.24, 2.45) is 0 Å². The quantitative estimate of drug-likeness (QED) is 0.678. The largest absolute Gasteiger partial charge is 0.495 e. The Morgan fingerprint density at radius 3 is 2.75 bits per heavy atom. The Bertz CT molecular complexity index is 764. The zero-order chi connectivity index (χ0) is 14.1. The summed E-state index contributed by atoms with van der Waals surface area (Å²) in [5.74, 6) is 1.98.